The van der Waals surface area contributed by atoms with E-state index in [1.54, 1.807) is 19.2 Å². The molecule has 1 fully saturated rings. The van der Waals surface area contributed by atoms with Crippen LogP contribution in [0, 0.1) is 6.92 Å². The second-order valence-corrected chi connectivity index (χ2v) is 12.4. The number of nitrogens with two attached hydrogens (primary N) is 1. The number of H-pyrrole nitrogens is 1. The highest BCUT2D eigenvalue weighted by Crippen LogP contribution is 2.39. The predicted molar refractivity (Wildman–Crippen MR) is 188 cm³/mol. The summed E-state index contributed by atoms with van der Waals surface area (Å²) in [6.07, 6.45) is 3.71. The lowest BCUT2D eigenvalue weighted by atomic mass is 9.95. The van der Waals surface area contributed by atoms with Crippen molar-refractivity contribution in [2.24, 2.45) is 5.73 Å². The number of amides is 3. The molecule has 0 unspecified atom stereocenters. The van der Waals surface area contributed by atoms with Crippen molar-refractivity contribution in [3.8, 4) is 22.6 Å². The van der Waals surface area contributed by atoms with Gasteiger partial charge in [-0.3, -0.25) is 14.4 Å². The maximum Gasteiger partial charge on any atom is 0.259 e. The molecule has 0 bridgehead atoms. The Bertz CT molecular complexity index is 1790. The Labute approximate surface area is 282 Å². The van der Waals surface area contributed by atoms with Crippen molar-refractivity contribution in [1.82, 2.24) is 19.8 Å². The molecule has 3 N–H and O–H groups in total. The van der Waals surface area contributed by atoms with Crippen molar-refractivity contribution in [3.05, 3.63) is 71.0 Å². The zero-order valence-electron chi connectivity index (χ0n) is 28.6. The van der Waals surface area contributed by atoms with Gasteiger partial charge in [-0.1, -0.05) is 25.1 Å². The number of carbonyl (C=O) groups excluding carboxylic acids is 3. The smallest absolute Gasteiger partial charge is 0.259 e. The van der Waals surface area contributed by atoms with E-state index >= 15 is 0 Å². The lowest BCUT2D eigenvalue weighted by Gasteiger charge is -2.32. The van der Waals surface area contributed by atoms with Gasteiger partial charge in [-0.05, 0) is 69.1 Å². The van der Waals surface area contributed by atoms with Gasteiger partial charge in [-0.25, -0.2) is 4.98 Å². The number of ether oxygens (including phenoxy) is 2. The van der Waals surface area contributed by atoms with Crippen LogP contribution >= 0.6 is 0 Å². The minimum atomic E-state index is -0.777. The van der Waals surface area contributed by atoms with E-state index in [1.807, 2.05) is 55.1 Å². The quantitative estimate of drug-likeness (QED) is 0.189. The van der Waals surface area contributed by atoms with Crippen LogP contribution in [-0.4, -0.2) is 91.5 Å². The molecule has 1 aliphatic heterocycles. The van der Waals surface area contributed by atoms with Gasteiger partial charge in [0.2, 0.25) is 5.91 Å². The Morgan fingerprint density at radius 2 is 1.77 bits per heavy atom. The van der Waals surface area contributed by atoms with Gasteiger partial charge in [0.25, 0.3) is 11.8 Å². The highest BCUT2D eigenvalue weighted by Gasteiger charge is 2.28. The molecule has 1 saturated heterocycles. The van der Waals surface area contributed by atoms with E-state index in [0.717, 1.165) is 79.8 Å². The SMILES string of the molecule is CCc1nc2c(-c3ccc(C(=O)N(C)c4ccc(C)cc4OCCCCCC(=O)N4CCN(C)CC4)c(C(N)=O)c3OC)cccc2[nH]1. The molecule has 1 aromatic heterocycles. The van der Waals surface area contributed by atoms with Crippen LogP contribution in [0.3, 0.4) is 0 Å². The first kappa shape index (κ1) is 34.4. The highest BCUT2D eigenvalue weighted by atomic mass is 16.5. The Morgan fingerprint density at radius 3 is 2.48 bits per heavy atom. The van der Waals surface area contributed by atoms with Crippen LogP contribution in [0.2, 0.25) is 0 Å². The summed E-state index contributed by atoms with van der Waals surface area (Å²) < 4.78 is 12.0. The summed E-state index contributed by atoms with van der Waals surface area (Å²) in [6.45, 7) is 7.84. The second kappa shape index (κ2) is 15.3. The molecule has 0 saturated carbocycles. The van der Waals surface area contributed by atoms with Crippen molar-refractivity contribution in [1.29, 1.82) is 0 Å². The largest absolute Gasteiger partial charge is 0.495 e. The lowest BCUT2D eigenvalue weighted by Crippen LogP contribution is -2.47. The molecular formula is C37H46N6O5. The third kappa shape index (κ3) is 7.46. The van der Waals surface area contributed by atoms with E-state index in [-0.39, 0.29) is 22.8 Å². The summed E-state index contributed by atoms with van der Waals surface area (Å²) in [7, 11) is 5.18. The fourth-order valence-corrected chi connectivity index (χ4v) is 6.15. The summed E-state index contributed by atoms with van der Waals surface area (Å²) in [5.74, 6) is 0.611. The number of primary amides is 1. The van der Waals surface area contributed by atoms with E-state index in [1.165, 1.54) is 12.0 Å². The minimum Gasteiger partial charge on any atom is -0.495 e. The molecule has 0 radical (unpaired) electrons. The summed E-state index contributed by atoms with van der Waals surface area (Å²) in [6, 6.07) is 14.8. The van der Waals surface area contributed by atoms with Gasteiger partial charge in [-0.2, -0.15) is 0 Å². The molecule has 3 aromatic carbocycles. The van der Waals surface area contributed by atoms with Crippen molar-refractivity contribution in [2.75, 3.05) is 58.9 Å². The van der Waals surface area contributed by atoms with Crippen LogP contribution < -0.4 is 20.1 Å². The number of aryl methyl sites for hydroxylation is 2. The Balaban J connectivity index is 1.31. The van der Waals surface area contributed by atoms with Crippen molar-refractivity contribution in [3.63, 3.8) is 0 Å². The third-order valence-corrected chi connectivity index (χ3v) is 8.96. The number of fused-ring (bicyclic) bond motifs is 1. The zero-order valence-corrected chi connectivity index (χ0v) is 28.6. The molecule has 4 aromatic rings. The van der Waals surface area contributed by atoms with E-state index in [9.17, 15) is 14.4 Å². The van der Waals surface area contributed by atoms with E-state index in [2.05, 4.69) is 16.9 Å². The first-order valence-electron chi connectivity index (χ1n) is 16.6. The normalized spacial score (nSPS) is 13.5. The molecule has 0 aliphatic carbocycles. The molecule has 5 rings (SSSR count). The Hall–Kier alpha value is -4.90. The molecule has 2 heterocycles. The molecular weight excluding hydrogens is 608 g/mol. The van der Waals surface area contributed by atoms with Crippen molar-refractivity contribution < 1.29 is 23.9 Å². The standard InChI is InChI=1S/C37H46N6O5/c1-6-31-39-28-12-10-11-25(34(28)40-31)26-15-16-27(33(36(38)45)35(26)47-5)37(46)42(4)29-17-14-24(2)23-30(29)48-22-9-7-8-13-32(44)43-20-18-41(3)19-21-43/h10-12,14-17,23H,6-9,13,18-22H2,1-5H3,(H2,38,45)(H,39,40). The van der Waals surface area contributed by atoms with Gasteiger partial charge in [0.1, 0.15) is 17.3 Å². The van der Waals surface area contributed by atoms with Crippen LogP contribution in [0.25, 0.3) is 22.2 Å². The number of aromatic nitrogens is 2. The number of piperazine rings is 1. The molecule has 1 aliphatic rings. The number of anilines is 1. The number of methoxy groups -OCH3 is 1. The number of hydrogen-bond donors (Lipinski definition) is 2. The number of rotatable bonds is 13. The number of imidazole rings is 1. The van der Waals surface area contributed by atoms with Crippen LogP contribution in [0.15, 0.2) is 48.5 Å². The Kier molecular flexibility index (Phi) is 11.0. The van der Waals surface area contributed by atoms with Gasteiger partial charge in [-0.15, -0.1) is 0 Å². The van der Waals surface area contributed by atoms with E-state index < -0.39 is 11.8 Å². The number of likely N-dealkylation sites (N-methyl/N-ethyl adjacent to an activating group) is 1. The average Bonchev–Trinajstić information content (AvgIpc) is 3.52. The number of hydrogen-bond acceptors (Lipinski definition) is 7. The maximum atomic E-state index is 14.1. The summed E-state index contributed by atoms with van der Waals surface area (Å²) in [5, 5.41) is 0. The zero-order chi connectivity index (χ0) is 34.4. The molecule has 11 nitrogen and oxygen atoms in total. The fraction of sp³-hybridized carbons (Fsp3) is 0.405. The van der Waals surface area contributed by atoms with Gasteiger partial charge in [0.05, 0.1) is 41.6 Å². The first-order valence-corrected chi connectivity index (χ1v) is 16.6. The van der Waals surface area contributed by atoms with Gasteiger partial charge >= 0.3 is 0 Å². The van der Waals surface area contributed by atoms with Gasteiger partial charge in [0, 0.05) is 57.2 Å². The van der Waals surface area contributed by atoms with Crippen LogP contribution in [0.1, 0.15) is 64.7 Å². The minimum absolute atomic E-state index is 0.00388. The van der Waals surface area contributed by atoms with Crippen LogP contribution in [-0.2, 0) is 11.2 Å². The van der Waals surface area contributed by atoms with Gasteiger partial charge in [0.15, 0.2) is 0 Å². The van der Waals surface area contributed by atoms with Crippen molar-refractivity contribution >= 4 is 34.4 Å². The fourth-order valence-electron chi connectivity index (χ4n) is 6.15. The number of benzene rings is 3. The number of carbonyl (C=O) groups is 3. The first-order chi connectivity index (χ1) is 23.1. The lowest BCUT2D eigenvalue weighted by molar-refractivity contribution is -0.132. The van der Waals surface area contributed by atoms with Crippen LogP contribution in [0.5, 0.6) is 11.5 Å². The van der Waals surface area contributed by atoms with Gasteiger partial charge < -0.3 is 34.9 Å². The molecule has 11 heteroatoms. The highest BCUT2D eigenvalue weighted by molar-refractivity contribution is 6.15. The summed E-state index contributed by atoms with van der Waals surface area (Å²) in [5.41, 5.74) is 10.5. The number of nitrogens with one attached hydrogen (secondary N) is 1. The monoisotopic (exact) mass is 654 g/mol. The average molecular weight is 655 g/mol. The summed E-state index contributed by atoms with van der Waals surface area (Å²) >= 11 is 0. The van der Waals surface area contributed by atoms with E-state index in [0.29, 0.717) is 30.0 Å². The number of para-hydroxylation sites is 1. The topological polar surface area (TPSA) is 134 Å². The number of unbranched alkanes of at least 4 members (excludes halogenated alkanes) is 2. The third-order valence-electron chi connectivity index (χ3n) is 8.96. The molecule has 0 atom stereocenters. The predicted octanol–water partition coefficient (Wildman–Crippen LogP) is 5.20. The van der Waals surface area contributed by atoms with Crippen LogP contribution in [0.4, 0.5) is 5.69 Å². The number of nitrogens with zero attached hydrogens (tertiary/aromatic N) is 4. The molecule has 48 heavy (non-hydrogen) atoms. The van der Waals surface area contributed by atoms with Crippen molar-refractivity contribution in [2.45, 2.75) is 46.0 Å². The number of aromatic amines is 1. The summed E-state index contributed by atoms with van der Waals surface area (Å²) in [4.78, 5) is 53.3. The molecule has 254 valence electrons. The van der Waals surface area contributed by atoms with E-state index in [4.69, 9.17) is 20.2 Å². The second-order valence-electron chi connectivity index (χ2n) is 12.4. The Morgan fingerprint density at radius 1 is 1.00 bits per heavy atom. The molecule has 0 spiro atoms. The maximum absolute atomic E-state index is 14.1. The molecule has 3 amide bonds.